The molecule has 17 amide bonds. The summed E-state index contributed by atoms with van der Waals surface area (Å²) in [6.45, 7) is 23.3. The van der Waals surface area contributed by atoms with Crippen LogP contribution in [0.25, 0.3) is 10.9 Å². The van der Waals surface area contributed by atoms with E-state index in [1.807, 2.05) is 26.0 Å². The number of fused-ring (bicyclic) bond motifs is 1. The first-order valence-electron chi connectivity index (χ1n) is 45.8. The maximum atomic E-state index is 15.3. The van der Waals surface area contributed by atoms with E-state index in [1.165, 1.54) is 107 Å². The number of carbonyl (C=O) groups is 19. The number of hydrogen-bond acceptors (Lipinski definition) is 21. The lowest BCUT2D eigenvalue weighted by Crippen LogP contribution is -2.64. The monoisotopic (exact) mass is 1870 g/mol. The molecule has 0 spiro atoms. The molecule has 0 bridgehead atoms. The Balaban J connectivity index is 1.54. The Morgan fingerprint density at radius 1 is 0.507 bits per heavy atom. The van der Waals surface area contributed by atoms with Crippen LogP contribution >= 0.6 is 0 Å². The summed E-state index contributed by atoms with van der Waals surface area (Å²) in [5.41, 5.74) is 9.23. The van der Waals surface area contributed by atoms with E-state index in [2.05, 4.69) is 84.7 Å². The number of aromatic amines is 1. The number of carbonyl (C=O) groups excluding carboxylic acids is 19. The van der Waals surface area contributed by atoms with Crippen molar-refractivity contribution in [3.63, 3.8) is 0 Å². The van der Waals surface area contributed by atoms with Crippen molar-refractivity contribution < 1.29 is 101 Å². The fourth-order valence-electron chi connectivity index (χ4n) is 15.0. The van der Waals surface area contributed by atoms with Gasteiger partial charge in [0, 0.05) is 74.4 Å². The molecule has 736 valence electrons. The molecule has 1 aromatic heterocycles. The summed E-state index contributed by atoms with van der Waals surface area (Å²) in [5, 5.41) is 61.5. The number of aliphatic hydroxyl groups excluding tert-OH is 1. The average Bonchev–Trinajstić information content (AvgIpc) is 0.951. The molecule has 0 aliphatic carbocycles. The van der Waals surface area contributed by atoms with E-state index in [9.17, 15) is 77.3 Å². The van der Waals surface area contributed by atoms with Crippen LogP contribution in [0.2, 0.25) is 0 Å². The number of ketones is 2. The first kappa shape index (κ1) is 112. The summed E-state index contributed by atoms with van der Waals surface area (Å²) in [4.78, 5) is 269. The van der Waals surface area contributed by atoms with Gasteiger partial charge in [-0.2, -0.15) is 0 Å². The van der Waals surface area contributed by atoms with Gasteiger partial charge in [-0.3, -0.25) is 91.1 Å². The van der Waals surface area contributed by atoms with Gasteiger partial charge in [-0.1, -0.05) is 127 Å². The summed E-state index contributed by atoms with van der Waals surface area (Å²) < 4.78 is 0. The van der Waals surface area contributed by atoms with Crippen molar-refractivity contribution in [2.45, 2.75) is 322 Å². The molecule has 0 saturated carbocycles. The number of phenolic OH excluding ortho intramolecular Hbond substituents is 1. The summed E-state index contributed by atoms with van der Waals surface area (Å²) in [5.74, 6) is -18.2. The van der Waals surface area contributed by atoms with Crippen molar-refractivity contribution >= 4 is 123 Å². The maximum absolute atomic E-state index is 15.3. The number of para-hydroxylation sites is 1. The second-order valence-corrected chi connectivity index (χ2v) is 36.5. The molecular weight excluding hydrogens is 1730 g/mol. The number of rotatable bonds is 35. The lowest BCUT2D eigenvalue weighted by molar-refractivity contribution is -0.139. The number of aliphatic hydroxyl groups is 1. The van der Waals surface area contributed by atoms with Crippen molar-refractivity contribution in [2.75, 3.05) is 0 Å². The average molecular weight is 1870 g/mol. The summed E-state index contributed by atoms with van der Waals surface area (Å²) >= 11 is 0. The summed E-state index contributed by atoms with van der Waals surface area (Å²) in [6.07, 6.45) is 4.41. The van der Waals surface area contributed by atoms with Gasteiger partial charge in [0.1, 0.15) is 83.3 Å². The third-order valence-electron chi connectivity index (χ3n) is 23.2. The maximum Gasteiger partial charge on any atom is 0.246 e. The van der Waals surface area contributed by atoms with Crippen LogP contribution in [0.3, 0.4) is 0 Å². The van der Waals surface area contributed by atoms with Gasteiger partial charge < -0.3 is 106 Å². The summed E-state index contributed by atoms with van der Waals surface area (Å²) in [6, 6.07) is 2.91. The summed E-state index contributed by atoms with van der Waals surface area (Å²) in [7, 11) is 0. The van der Waals surface area contributed by atoms with Gasteiger partial charge in [-0.15, -0.1) is 0 Å². The zero-order valence-corrected chi connectivity index (χ0v) is 79.7. The SMILES string of the molecule is CC(=O)N[C@@H](CC(C)C)C(=O)N[C@H](C(=O)N[C@@H](Cc1ccccc1)C(=O)N[C@]1(C)CCCCCCC=CCCC[C@@](C)(C(=O)N[C@@H](C)C(=O)N[C@@H](C)C(=O)N[C@@H](C)C(=O)N[C@@H](C)C(=O)N[C@@H](C)C(=O)C[C@H](C)C(N)=O)NC(=O)[C@H](CC(C)C)CC(=O)[C@H](CCC(N)=O)NC(=O)[C@H](C)NC(=O)[C@H](Cc2c[nH]c3ccccc23)NC(=O)[C@H](Cc2ccc(O)cc2)NC(=O)[C@H](C)NC1=O)[C@@H](C)O. The van der Waals surface area contributed by atoms with E-state index in [-0.39, 0.29) is 88.2 Å². The lowest BCUT2D eigenvalue weighted by Gasteiger charge is -2.33. The fraction of sp³-hybridized carbons (Fsp3) is 0.568. The van der Waals surface area contributed by atoms with Crippen LogP contribution < -0.4 is 91.2 Å². The van der Waals surface area contributed by atoms with Crippen molar-refractivity contribution in [1.29, 1.82) is 0 Å². The Morgan fingerprint density at radius 3 is 1.60 bits per heavy atom. The number of nitrogens with one attached hydrogen (secondary N) is 16. The number of H-pyrrole nitrogens is 1. The van der Waals surface area contributed by atoms with Crippen LogP contribution in [0.1, 0.15) is 224 Å². The van der Waals surface area contributed by atoms with E-state index in [0.29, 0.717) is 59.7 Å². The predicted molar refractivity (Wildman–Crippen MR) is 498 cm³/mol. The van der Waals surface area contributed by atoms with Crippen LogP contribution in [0.5, 0.6) is 5.75 Å². The number of aromatic hydroxyl groups is 1. The number of aromatic nitrogens is 1. The molecule has 3 aromatic carbocycles. The molecule has 5 rings (SSSR count). The predicted octanol–water partition coefficient (Wildman–Crippen LogP) is 1.59. The van der Waals surface area contributed by atoms with Gasteiger partial charge in [0.15, 0.2) is 11.6 Å². The van der Waals surface area contributed by atoms with Crippen molar-refractivity contribution in [3.8, 4) is 5.75 Å². The highest BCUT2D eigenvalue weighted by Gasteiger charge is 2.43. The zero-order chi connectivity index (χ0) is 100. The number of benzene rings is 3. The van der Waals surface area contributed by atoms with Crippen LogP contribution in [0.4, 0.5) is 0 Å². The third kappa shape index (κ3) is 36.9. The quantitative estimate of drug-likeness (QED) is 0.0291. The number of allylic oxidation sites excluding steroid dienone is 2. The van der Waals surface area contributed by atoms with Crippen LogP contribution in [0, 0.1) is 23.7 Å². The molecule has 0 unspecified atom stereocenters. The van der Waals surface area contributed by atoms with E-state index >= 15 is 24.0 Å². The molecule has 1 aliphatic rings. The number of phenols is 1. The number of amides is 17. The topological polar surface area (TPSA) is 613 Å². The molecule has 39 heteroatoms. The molecule has 134 heavy (non-hydrogen) atoms. The number of primary amides is 2. The fourth-order valence-corrected chi connectivity index (χ4v) is 15.0. The molecule has 0 saturated heterocycles. The third-order valence-corrected chi connectivity index (χ3v) is 23.2. The van der Waals surface area contributed by atoms with Crippen molar-refractivity contribution in [3.05, 3.63) is 114 Å². The Morgan fingerprint density at radius 2 is 1.04 bits per heavy atom. The highest BCUT2D eigenvalue weighted by molar-refractivity contribution is 6.03. The Labute approximate surface area is 782 Å². The van der Waals surface area contributed by atoms with Crippen LogP contribution in [0.15, 0.2) is 97.2 Å². The van der Waals surface area contributed by atoms with Crippen LogP contribution in [-0.2, 0) is 110 Å². The molecule has 2 heterocycles. The number of hydrogen-bond donors (Lipinski definition) is 20. The molecule has 4 aromatic rings. The van der Waals surface area contributed by atoms with Crippen molar-refractivity contribution in [1.82, 2.24) is 84.7 Å². The second kappa shape index (κ2) is 53.7. The molecule has 18 atom stereocenters. The van der Waals surface area contributed by atoms with Gasteiger partial charge >= 0.3 is 0 Å². The Hall–Kier alpha value is -13.0. The first-order valence-corrected chi connectivity index (χ1v) is 45.8. The number of nitrogens with two attached hydrogens (primary N) is 2. The molecule has 22 N–H and O–H groups in total. The molecule has 0 radical (unpaired) electrons. The van der Waals surface area contributed by atoms with Gasteiger partial charge in [-0.05, 0) is 174 Å². The highest BCUT2D eigenvalue weighted by Crippen LogP contribution is 2.26. The molecular formula is C95H140N18O21. The van der Waals surface area contributed by atoms with Crippen LogP contribution in [-0.4, -0.2) is 223 Å². The van der Waals surface area contributed by atoms with E-state index in [0.717, 1.165) is 0 Å². The van der Waals surface area contributed by atoms with Gasteiger partial charge in [0.25, 0.3) is 0 Å². The van der Waals surface area contributed by atoms with Crippen molar-refractivity contribution in [2.24, 2.45) is 35.1 Å². The zero-order valence-electron chi connectivity index (χ0n) is 79.7. The normalized spacial score (nSPS) is 22.0. The number of Topliss-reactive ketones (excluding diaryl/α,β-unsaturated/α-hetero) is 2. The Bertz CT molecular complexity index is 4810. The van der Waals surface area contributed by atoms with Gasteiger partial charge in [-0.25, -0.2) is 0 Å². The molecule has 1 aliphatic heterocycles. The highest BCUT2D eigenvalue weighted by atomic mass is 16.3. The largest absolute Gasteiger partial charge is 0.508 e. The minimum absolute atomic E-state index is 0.0281. The minimum atomic E-state index is -1.92. The van der Waals surface area contributed by atoms with E-state index in [4.69, 9.17) is 11.5 Å². The molecule has 39 nitrogen and oxygen atoms in total. The van der Waals surface area contributed by atoms with E-state index < -0.39 is 232 Å². The van der Waals surface area contributed by atoms with Gasteiger partial charge in [0.2, 0.25) is 100 Å². The minimum Gasteiger partial charge on any atom is -0.508 e. The first-order chi connectivity index (χ1) is 62.9. The lowest BCUT2D eigenvalue weighted by atomic mass is 9.86. The van der Waals surface area contributed by atoms with Gasteiger partial charge in [0.05, 0.1) is 18.2 Å². The van der Waals surface area contributed by atoms with E-state index in [1.54, 1.807) is 74.6 Å². The smallest absolute Gasteiger partial charge is 0.246 e. The molecule has 0 fully saturated rings. The Kier molecular flexibility index (Phi) is 44.7. The standard InChI is InChI=1S/C95H140N18O21/c1-51(2)43-65-49-76(118)70(39-40-77(96)119)107-84(125)58(10)103-87(128)74(48-66-50-98-69-34-28-27-33-68(66)69)109-88(129)72(47-64-35-37-67(116)38-36-64)108-85(126)60(12)105-93(134)95(16,113-90(131)73(46-63-31-25-24-26-32-63)110-91(132)78(61(13)114)111-89(130)71(44-52(3)4)106-62(14)115)42-30-23-21-19-17-18-20-22-29-41-94(15,112-86(65)127)92(133)104-59(11)83(124)102-57(9)82(123)101-56(8)81(122)100-55(7)80(121)99-54(6)75(117)45-53(5)79(97)120/h18,20,24-28,31-38,50-61,65,70-74,78,98,114,116H,17,19,21-23,29-30,39-49H2,1-16H3,(H2,96,119)(H2,97,120)(H,99,121)(H,100,122)(H,101,123)(H,102,124)(H,103,128)(H,104,133)(H,105,134)(H,106,115)(H,107,125)(H,108,126)(H,109,129)(H,110,132)(H,111,130)(H,112,127)(H,113,131)/t53-,54-,55-,56-,57-,58-,59-,60-,61+,65+,70-,71-,72-,73-,74-,78-,94-,95+/m0/s1. The second-order valence-electron chi connectivity index (χ2n) is 36.5.